The first-order valence-electron chi connectivity index (χ1n) is 8.80. The molecule has 1 aliphatic rings. The molecule has 3 aromatic heterocycles. The van der Waals surface area contributed by atoms with E-state index in [4.69, 9.17) is 11.0 Å². The number of fused-ring (bicyclic) bond motifs is 1. The van der Waals surface area contributed by atoms with E-state index in [2.05, 4.69) is 26.0 Å². The first-order chi connectivity index (χ1) is 13.4. The minimum absolute atomic E-state index is 0.389. The SMILES string of the molecule is CS(=O)(=O)N1CCCCC1.N#Cc1c[nH]c2ncc(-c3cccnc3N)nc12. The lowest BCUT2D eigenvalue weighted by molar-refractivity contribution is 0.349. The molecule has 0 unspecified atom stereocenters. The van der Waals surface area contributed by atoms with E-state index < -0.39 is 10.0 Å². The molecular formula is C18H21N7O2S. The first-order valence-corrected chi connectivity index (χ1v) is 10.6. The van der Waals surface area contributed by atoms with Gasteiger partial charge in [0.05, 0.1) is 23.7 Å². The zero-order valence-electron chi connectivity index (χ0n) is 15.5. The minimum atomic E-state index is -2.89. The Bertz CT molecular complexity index is 1110. The van der Waals surface area contributed by atoms with E-state index in [9.17, 15) is 8.42 Å². The molecule has 0 saturated carbocycles. The summed E-state index contributed by atoms with van der Waals surface area (Å²) in [4.78, 5) is 15.5. The summed E-state index contributed by atoms with van der Waals surface area (Å²) in [5.74, 6) is 0.389. The Balaban J connectivity index is 0.000000192. The van der Waals surface area contributed by atoms with Crippen molar-refractivity contribution in [3.63, 3.8) is 0 Å². The summed E-state index contributed by atoms with van der Waals surface area (Å²) in [6, 6.07) is 5.66. The van der Waals surface area contributed by atoms with Crippen molar-refractivity contribution in [1.29, 1.82) is 5.26 Å². The number of H-pyrrole nitrogens is 1. The number of aromatic nitrogens is 4. The van der Waals surface area contributed by atoms with Crippen LogP contribution in [0.5, 0.6) is 0 Å². The van der Waals surface area contributed by atoms with Gasteiger partial charge < -0.3 is 10.7 Å². The maximum absolute atomic E-state index is 10.9. The summed E-state index contributed by atoms with van der Waals surface area (Å²) >= 11 is 0. The quantitative estimate of drug-likeness (QED) is 0.670. The molecule has 3 aromatic rings. The molecule has 0 spiro atoms. The lowest BCUT2D eigenvalue weighted by Crippen LogP contribution is -2.34. The van der Waals surface area contributed by atoms with E-state index in [-0.39, 0.29) is 0 Å². The van der Waals surface area contributed by atoms with Crippen LogP contribution in [0.4, 0.5) is 5.82 Å². The third-order valence-electron chi connectivity index (χ3n) is 4.40. The molecule has 0 atom stereocenters. The normalized spacial score (nSPS) is 14.9. The number of anilines is 1. The number of hydrogen-bond donors (Lipinski definition) is 2. The fourth-order valence-corrected chi connectivity index (χ4v) is 3.86. The average molecular weight is 399 g/mol. The lowest BCUT2D eigenvalue weighted by Gasteiger charge is -2.23. The second-order valence-corrected chi connectivity index (χ2v) is 8.41. The van der Waals surface area contributed by atoms with E-state index in [1.54, 1.807) is 29.0 Å². The number of nitrogens with one attached hydrogen (secondary N) is 1. The van der Waals surface area contributed by atoms with E-state index >= 15 is 0 Å². The summed E-state index contributed by atoms with van der Waals surface area (Å²) < 4.78 is 23.4. The Morgan fingerprint density at radius 3 is 2.61 bits per heavy atom. The highest BCUT2D eigenvalue weighted by molar-refractivity contribution is 7.88. The number of nitrogen functional groups attached to an aromatic ring is 1. The van der Waals surface area contributed by atoms with Gasteiger partial charge >= 0.3 is 0 Å². The molecule has 1 aliphatic heterocycles. The molecule has 3 N–H and O–H groups in total. The Morgan fingerprint density at radius 2 is 2.00 bits per heavy atom. The molecule has 9 nitrogen and oxygen atoms in total. The summed E-state index contributed by atoms with van der Waals surface area (Å²) in [6.07, 6.45) is 9.29. The molecule has 10 heteroatoms. The Kier molecular flexibility index (Phi) is 5.87. The van der Waals surface area contributed by atoms with Gasteiger partial charge in [0.2, 0.25) is 10.0 Å². The summed E-state index contributed by atoms with van der Waals surface area (Å²) in [5.41, 5.74) is 8.68. The minimum Gasteiger partial charge on any atom is -0.383 e. The van der Waals surface area contributed by atoms with Crippen LogP contribution < -0.4 is 5.73 Å². The van der Waals surface area contributed by atoms with Gasteiger partial charge in [-0.1, -0.05) is 6.42 Å². The Hall–Kier alpha value is -3.03. The van der Waals surface area contributed by atoms with Crippen molar-refractivity contribution in [3.8, 4) is 17.3 Å². The number of nitrogens with two attached hydrogens (primary N) is 1. The lowest BCUT2D eigenvalue weighted by atomic mass is 10.2. The van der Waals surface area contributed by atoms with Crippen molar-refractivity contribution in [2.45, 2.75) is 19.3 Å². The van der Waals surface area contributed by atoms with Gasteiger partial charge in [-0.15, -0.1) is 0 Å². The molecule has 4 rings (SSSR count). The standard InChI is InChI=1S/C12H8N6.C6H13NO2S/c13-4-7-5-16-12-10(7)18-9(6-17-12)8-2-1-3-15-11(8)14;1-10(8,9)7-5-3-2-4-6-7/h1-3,5-6H,(H2,14,15)(H,16,17);2-6H2,1H3. The summed E-state index contributed by atoms with van der Waals surface area (Å²) in [7, 11) is -2.89. The van der Waals surface area contributed by atoms with Gasteiger partial charge in [-0.3, -0.25) is 0 Å². The predicted molar refractivity (Wildman–Crippen MR) is 107 cm³/mol. The molecule has 4 heterocycles. The highest BCUT2D eigenvalue weighted by atomic mass is 32.2. The summed E-state index contributed by atoms with van der Waals surface area (Å²) in [6.45, 7) is 1.44. The molecule has 0 amide bonds. The molecular weight excluding hydrogens is 378 g/mol. The number of pyridine rings is 1. The monoisotopic (exact) mass is 399 g/mol. The molecule has 1 fully saturated rings. The van der Waals surface area contributed by atoms with Crippen LogP contribution in [0.1, 0.15) is 24.8 Å². The molecule has 0 radical (unpaired) electrons. The van der Waals surface area contributed by atoms with Gasteiger partial charge in [0.25, 0.3) is 0 Å². The molecule has 1 saturated heterocycles. The van der Waals surface area contributed by atoms with Crippen LogP contribution in [0.2, 0.25) is 0 Å². The first kappa shape index (κ1) is 19.7. The van der Waals surface area contributed by atoms with Gasteiger partial charge in [-0.05, 0) is 25.0 Å². The molecule has 0 bridgehead atoms. The number of aromatic amines is 1. The van der Waals surface area contributed by atoms with Gasteiger partial charge in [0, 0.05) is 31.0 Å². The second-order valence-electron chi connectivity index (χ2n) is 6.43. The number of hydrogen-bond acceptors (Lipinski definition) is 7. The van der Waals surface area contributed by atoms with Gasteiger partial charge in [-0.25, -0.2) is 27.7 Å². The number of nitriles is 1. The van der Waals surface area contributed by atoms with Crippen molar-refractivity contribution in [2.75, 3.05) is 25.1 Å². The average Bonchev–Trinajstić information content (AvgIpc) is 3.11. The van der Waals surface area contributed by atoms with Crippen molar-refractivity contribution in [2.24, 2.45) is 0 Å². The van der Waals surface area contributed by atoms with Crippen LogP contribution in [0, 0.1) is 11.3 Å². The molecule has 146 valence electrons. The largest absolute Gasteiger partial charge is 0.383 e. The second kappa shape index (κ2) is 8.33. The van der Waals surface area contributed by atoms with Crippen LogP contribution in [-0.2, 0) is 10.0 Å². The highest BCUT2D eigenvalue weighted by Gasteiger charge is 2.18. The van der Waals surface area contributed by atoms with Crippen molar-refractivity contribution >= 4 is 27.0 Å². The zero-order chi connectivity index (χ0) is 20.1. The Labute approximate surface area is 163 Å². The van der Waals surface area contributed by atoms with Crippen LogP contribution in [0.25, 0.3) is 22.4 Å². The van der Waals surface area contributed by atoms with Gasteiger partial charge in [0.1, 0.15) is 17.4 Å². The molecule has 0 aliphatic carbocycles. The molecule has 0 aromatic carbocycles. The van der Waals surface area contributed by atoms with Crippen LogP contribution in [0.15, 0.2) is 30.7 Å². The third-order valence-corrected chi connectivity index (χ3v) is 5.70. The maximum atomic E-state index is 10.9. The van der Waals surface area contributed by atoms with Gasteiger partial charge in [0.15, 0.2) is 5.65 Å². The number of nitrogens with zero attached hydrogens (tertiary/aromatic N) is 5. The highest BCUT2D eigenvalue weighted by Crippen LogP contribution is 2.23. The van der Waals surface area contributed by atoms with Crippen LogP contribution in [0.3, 0.4) is 0 Å². The third kappa shape index (κ3) is 4.44. The van der Waals surface area contributed by atoms with Crippen molar-refractivity contribution in [1.82, 2.24) is 24.2 Å². The number of rotatable bonds is 2. The van der Waals surface area contributed by atoms with E-state index in [1.165, 1.54) is 12.7 Å². The van der Waals surface area contributed by atoms with Crippen molar-refractivity contribution < 1.29 is 8.42 Å². The maximum Gasteiger partial charge on any atom is 0.211 e. The zero-order valence-corrected chi connectivity index (χ0v) is 16.3. The van der Waals surface area contributed by atoms with Gasteiger partial charge in [-0.2, -0.15) is 5.26 Å². The van der Waals surface area contributed by atoms with E-state index in [0.717, 1.165) is 25.9 Å². The van der Waals surface area contributed by atoms with E-state index in [0.29, 0.717) is 33.8 Å². The smallest absolute Gasteiger partial charge is 0.211 e. The molecule has 28 heavy (non-hydrogen) atoms. The number of sulfonamides is 1. The van der Waals surface area contributed by atoms with E-state index in [1.807, 2.05) is 6.07 Å². The van der Waals surface area contributed by atoms with Crippen molar-refractivity contribution in [3.05, 3.63) is 36.3 Å². The topological polar surface area (TPSA) is 142 Å². The Morgan fingerprint density at radius 1 is 1.25 bits per heavy atom. The predicted octanol–water partition coefficient (Wildman–Crippen LogP) is 1.91. The van der Waals surface area contributed by atoms with Crippen LogP contribution in [-0.4, -0.2) is 52.0 Å². The number of piperidine rings is 1. The fourth-order valence-electron chi connectivity index (χ4n) is 2.94. The fraction of sp³-hybridized carbons (Fsp3) is 0.333. The van der Waals surface area contributed by atoms with Crippen LogP contribution >= 0.6 is 0 Å². The summed E-state index contributed by atoms with van der Waals surface area (Å²) in [5, 5.41) is 8.97.